The van der Waals surface area contributed by atoms with Gasteiger partial charge in [0.2, 0.25) is 0 Å². The molecule has 1 amide bonds. The maximum atomic E-state index is 11.9. The second kappa shape index (κ2) is 9.09. The number of hydrogen-bond acceptors (Lipinski definition) is 6. The van der Waals surface area contributed by atoms with Crippen molar-refractivity contribution in [3.8, 4) is 11.5 Å². The maximum Gasteiger partial charge on any atom is 0.306 e. The average Bonchev–Trinajstić information content (AvgIpc) is 3.02. The van der Waals surface area contributed by atoms with Gasteiger partial charge in [-0.1, -0.05) is 17.7 Å². The summed E-state index contributed by atoms with van der Waals surface area (Å²) in [6, 6.07) is 14.5. The second-order valence-corrected chi connectivity index (χ2v) is 9.35. The zero-order valence-electron chi connectivity index (χ0n) is 16.1. The number of esters is 1. The van der Waals surface area contributed by atoms with Crippen molar-refractivity contribution in [2.75, 3.05) is 23.4 Å². The van der Waals surface area contributed by atoms with Gasteiger partial charge < -0.3 is 14.8 Å². The number of carbonyl (C=O) groups excluding carboxylic acids is 2. The van der Waals surface area contributed by atoms with Crippen LogP contribution in [-0.4, -0.2) is 38.4 Å². The highest BCUT2D eigenvalue weighted by molar-refractivity contribution is 7.91. The lowest BCUT2D eigenvalue weighted by atomic mass is 10.1. The molecule has 3 rings (SSSR count). The molecule has 2 aromatic rings. The van der Waals surface area contributed by atoms with Crippen molar-refractivity contribution in [1.82, 2.24) is 0 Å². The first-order valence-corrected chi connectivity index (χ1v) is 11.1. The van der Waals surface area contributed by atoms with Crippen LogP contribution in [0.5, 0.6) is 11.5 Å². The van der Waals surface area contributed by atoms with Crippen molar-refractivity contribution in [1.29, 1.82) is 0 Å². The summed E-state index contributed by atoms with van der Waals surface area (Å²) < 4.78 is 33.5. The van der Waals surface area contributed by atoms with Gasteiger partial charge >= 0.3 is 5.97 Å². The Morgan fingerprint density at radius 2 is 1.66 bits per heavy atom. The first-order valence-electron chi connectivity index (χ1n) is 9.29. The fourth-order valence-electron chi connectivity index (χ4n) is 3.02. The Balaban J connectivity index is 1.42. The third-order valence-electron chi connectivity index (χ3n) is 4.54. The number of amides is 1. The Morgan fingerprint density at radius 3 is 2.24 bits per heavy atom. The summed E-state index contributed by atoms with van der Waals surface area (Å²) in [5, 5.41) is 2.63. The van der Waals surface area contributed by atoms with Gasteiger partial charge in [-0.15, -0.1) is 0 Å². The predicted octanol–water partition coefficient (Wildman–Crippen LogP) is 3.09. The van der Waals surface area contributed by atoms with E-state index in [9.17, 15) is 18.0 Å². The van der Waals surface area contributed by atoms with Crippen LogP contribution >= 0.6 is 0 Å². The minimum Gasteiger partial charge on any atom is -0.457 e. The van der Waals surface area contributed by atoms with Gasteiger partial charge in [0.25, 0.3) is 5.91 Å². The van der Waals surface area contributed by atoms with Crippen LogP contribution in [0.25, 0.3) is 0 Å². The third kappa shape index (κ3) is 6.60. The average molecular weight is 417 g/mol. The Kier molecular flexibility index (Phi) is 6.53. The number of ether oxygens (including phenoxy) is 2. The van der Waals surface area contributed by atoms with Crippen molar-refractivity contribution in [2.24, 2.45) is 5.92 Å². The zero-order chi connectivity index (χ0) is 20.9. The molecule has 0 unspecified atom stereocenters. The van der Waals surface area contributed by atoms with Gasteiger partial charge in [0, 0.05) is 12.1 Å². The quantitative estimate of drug-likeness (QED) is 0.695. The molecule has 154 valence electrons. The summed E-state index contributed by atoms with van der Waals surface area (Å²) in [7, 11) is -3.04. The van der Waals surface area contributed by atoms with Crippen molar-refractivity contribution in [3.05, 3.63) is 54.1 Å². The van der Waals surface area contributed by atoms with Crippen LogP contribution in [0.1, 0.15) is 18.4 Å². The van der Waals surface area contributed by atoms with Crippen molar-refractivity contribution in [3.63, 3.8) is 0 Å². The molecule has 1 heterocycles. The molecule has 8 heteroatoms. The van der Waals surface area contributed by atoms with Gasteiger partial charge in [0.05, 0.1) is 11.5 Å². The van der Waals surface area contributed by atoms with Crippen LogP contribution in [0.2, 0.25) is 0 Å². The lowest BCUT2D eigenvalue weighted by molar-refractivity contribution is -0.148. The van der Waals surface area contributed by atoms with Crippen LogP contribution in [0.15, 0.2) is 48.5 Å². The van der Waals surface area contributed by atoms with Gasteiger partial charge in [-0.3, -0.25) is 9.59 Å². The number of anilines is 1. The first-order chi connectivity index (χ1) is 13.8. The highest BCUT2D eigenvalue weighted by Gasteiger charge is 2.29. The molecule has 0 radical (unpaired) electrons. The van der Waals surface area contributed by atoms with E-state index in [4.69, 9.17) is 9.47 Å². The highest BCUT2D eigenvalue weighted by Crippen LogP contribution is 2.24. The summed E-state index contributed by atoms with van der Waals surface area (Å²) in [4.78, 5) is 23.7. The first kappa shape index (κ1) is 20.9. The minimum atomic E-state index is -3.04. The number of carbonyl (C=O) groups is 2. The van der Waals surface area contributed by atoms with Crippen molar-refractivity contribution < 1.29 is 27.5 Å². The molecule has 7 nitrogen and oxygen atoms in total. The number of nitrogens with one attached hydrogen (secondary N) is 1. The Bertz CT molecular complexity index is 967. The van der Waals surface area contributed by atoms with E-state index in [0.717, 1.165) is 11.3 Å². The van der Waals surface area contributed by atoms with Gasteiger partial charge in [-0.05, 0) is 55.7 Å². The summed E-state index contributed by atoms with van der Waals surface area (Å²) >= 11 is 0. The number of benzene rings is 2. The van der Waals surface area contributed by atoms with Crippen LogP contribution < -0.4 is 10.1 Å². The van der Waals surface area contributed by atoms with Gasteiger partial charge in [-0.25, -0.2) is 8.42 Å². The molecule has 1 aliphatic rings. The van der Waals surface area contributed by atoms with E-state index in [1.807, 2.05) is 31.2 Å². The lowest BCUT2D eigenvalue weighted by Gasteiger charge is -2.10. The summed E-state index contributed by atoms with van der Waals surface area (Å²) in [5.41, 5.74) is 1.69. The van der Waals surface area contributed by atoms with E-state index in [0.29, 0.717) is 17.9 Å². The van der Waals surface area contributed by atoms with E-state index in [1.54, 1.807) is 24.3 Å². The fourth-order valence-corrected chi connectivity index (χ4v) is 4.88. The van der Waals surface area contributed by atoms with Gasteiger partial charge in [0.15, 0.2) is 16.4 Å². The standard InChI is InChI=1S/C21H23NO6S/c1-15-2-6-18(7-3-15)28-19-8-4-17(5-9-19)22-20(23)13-27-21(24)12-16-10-11-29(25,26)14-16/h2-9,16H,10-14H2,1H3,(H,22,23)/t16-/m0/s1. The minimum absolute atomic E-state index is 0.00526. The van der Waals surface area contributed by atoms with Gasteiger partial charge in [0.1, 0.15) is 11.5 Å². The van der Waals surface area contributed by atoms with Crippen LogP contribution in [0.4, 0.5) is 5.69 Å². The summed E-state index contributed by atoms with van der Waals surface area (Å²) in [6.07, 6.45) is 0.470. The number of hydrogen-bond donors (Lipinski definition) is 1. The van der Waals surface area contributed by atoms with Crippen molar-refractivity contribution >= 4 is 27.4 Å². The molecular weight excluding hydrogens is 394 g/mol. The smallest absolute Gasteiger partial charge is 0.306 e. The lowest BCUT2D eigenvalue weighted by Crippen LogP contribution is -2.22. The number of aryl methyl sites for hydroxylation is 1. The molecule has 1 saturated heterocycles. The Morgan fingerprint density at radius 1 is 1.03 bits per heavy atom. The summed E-state index contributed by atoms with van der Waals surface area (Å²) in [5.74, 6) is 0.199. The molecule has 1 atom stereocenters. The predicted molar refractivity (Wildman–Crippen MR) is 109 cm³/mol. The van der Waals surface area contributed by atoms with Crippen molar-refractivity contribution in [2.45, 2.75) is 19.8 Å². The van der Waals surface area contributed by atoms with E-state index in [-0.39, 0.29) is 23.8 Å². The molecule has 2 aromatic carbocycles. The number of sulfone groups is 1. The third-order valence-corrected chi connectivity index (χ3v) is 6.38. The zero-order valence-corrected chi connectivity index (χ0v) is 16.9. The van der Waals surface area contributed by atoms with E-state index >= 15 is 0 Å². The van der Waals surface area contributed by atoms with Crippen LogP contribution in [0, 0.1) is 12.8 Å². The maximum absolute atomic E-state index is 11.9. The molecule has 29 heavy (non-hydrogen) atoms. The van der Waals surface area contributed by atoms with E-state index < -0.39 is 28.3 Å². The largest absolute Gasteiger partial charge is 0.457 e. The highest BCUT2D eigenvalue weighted by atomic mass is 32.2. The Labute approximate surface area is 169 Å². The SMILES string of the molecule is Cc1ccc(Oc2ccc(NC(=O)COC(=O)C[C@@H]3CCS(=O)(=O)C3)cc2)cc1. The normalized spacial score (nSPS) is 17.5. The molecule has 1 aliphatic heterocycles. The Hall–Kier alpha value is -2.87. The topological polar surface area (TPSA) is 98.8 Å². The summed E-state index contributed by atoms with van der Waals surface area (Å²) in [6.45, 7) is 1.58. The molecule has 1 N–H and O–H groups in total. The molecule has 0 bridgehead atoms. The number of rotatable bonds is 7. The molecular formula is C21H23NO6S. The van der Waals surface area contributed by atoms with E-state index in [2.05, 4.69) is 5.32 Å². The molecule has 0 spiro atoms. The fraction of sp³-hybridized carbons (Fsp3) is 0.333. The van der Waals surface area contributed by atoms with E-state index in [1.165, 1.54) is 0 Å². The molecule has 0 aromatic heterocycles. The van der Waals surface area contributed by atoms with Crippen LogP contribution in [0.3, 0.4) is 0 Å². The molecule has 1 fully saturated rings. The molecule has 0 saturated carbocycles. The monoisotopic (exact) mass is 417 g/mol. The van der Waals surface area contributed by atoms with Crippen LogP contribution in [-0.2, 0) is 24.2 Å². The second-order valence-electron chi connectivity index (χ2n) is 7.12. The molecule has 0 aliphatic carbocycles. The van der Waals surface area contributed by atoms with Gasteiger partial charge in [-0.2, -0.15) is 0 Å².